The summed E-state index contributed by atoms with van der Waals surface area (Å²) in [7, 11) is 0. The third-order valence-electron chi connectivity index (χ3n) is 12.6. The molecule has 1 aromatic heterocycles. The van der Waals surface area contributed by atoms with E-state index in [0.29, 0.717) is 5.56 Å². The van der Waals surface area contributed by atoms with Crippen molar-refractivity contribution in [3.8, 4) is 55.6 Å². The normalized spacial score (nSPS) is 12.6. The number of rotatable bonds is 11. The molecule has 0 atom stereocenters. The predicted octanol–water partition coefficient (Wildman–Crippen LogP) is 18.9. The Morgan fingerprint density at radius 3 is 1.28 bits per heavy atom. The summed E-state index contributed by atoms with van der Waals surface area (Å²) in [5, 5.41) is 0.276. The number of fused-ring (bicyclic) bond motifs is 3. The van der Waals surface area contributed by atoms with Crippen molar-refractivity contribution in [2.75, 3.05) is 9.80 Å². The van der Waals surface area contributed by atoms with Crippen LogP contribution in [0.3, 0.4) is 0 Å². The van der Waals surface area contributed by atoms with Gasteiger partial charge in [-0.25, -0.2) is 0 Å². The lowest BCUT2D eigenvalue weighted by atomic mass is 9.98. The van der Waals surface area contributed by atoms with Crippen molar-refractivity contribution in [2.45, 2.75) is 0 Å². The minimum Gasteiger partial charge on any atom is -0.456 e. The first-order valence-electron chi connectivity index (χ1n) is 26.4. The molecular weight excluding hydrogens is 837 g/mol. The van der Waals surface area contributed by atoms with Gasteiger partial charge in [0.25, 0.3) is 0 Å². The highest BCUT2D eigenvalue weighted by Crippen LogP contribution is 2.45. The maximum Gasteiger partial charge on any atom is 0.136 e. The van der Waals surface area contributed by atoms with Gasteiger partial charge in [0, 0.05) is 44.8 Å². The molecule has 3 heteroatoms. The van der Waals surface area contributed by atoms with Crippen LogP contribution in [0.25, 0.3) is 77.6 Å². The molecule has 69 heavy (non-hydrogen) atoms. The van der Waals surface area contributed by atoms with Crippen molar-refractivity contribution in [1.82, 2.24) is 0 Å². The summed E-state index contributed by atoms with van der Waals surface area (Å²) in [6, 6.07) is 78.8. The van der Waals surface area contributed by atoms with Crippen molar-refractivity contribution in [2.24, 2.45) is 0 Å². The van der Waals surface area contributed by atoms with E-state index in [-0.39, 0.29) is 57.7 Å². The molecule has 0 fully saturated rings. The molecular formula is C66H46N2O. The number of anilines is 6. The molecule has 0 bridgehead atoms. The molecule has 12 rings (SSSR count). The molecule has 1 heterocycles. The number of nitrogens with zero attached hydrogens (tertiary/aromatic N) is 2. The number of hydrogen-bond acceptors (Lipinski definition) is 3. The van der Waals surface area contributed by atoms with E-state index in [9.17, 15) is 1.37 Å². The molecule has 0 saturated heterocycles. The average molecular weight is 890 g/mol. The molecule has 0 radical (unpaired) electrons. The number of hydrogen-bond donors (Lipinski definition) is 0. The van der Waals surface area contributed by atoms with Crippen LogP contribution in [0.5, 0.6) is 0 Å². The summed E-state index contributed by atoms with van der Waals surface area (Å²) in [6.07, 6.45) is 0. The van der Waals surface area contributed by atoms with E-state index in [0.717, 1.165) is 78.6 Å². The third kappa shape index (κ3) is 8.13. The Morgan fingerprint density at radius 1 is 0.290 bits per heavy atom. The van der Waals surface area contributed by atoms with Gasteiger partial charge in [-0.2, -0.15) is 0 Å². The Bertz CT molecular complexity index is 4010. The summed E-state index contributed by atoms with van der Waals surface area (Å²) < 4.78 is 67.1. The molecule has 0 aliphatic rings. The van der Waals surface area contributed by atoms with Gasteiger partial charge in [-0.1, -0.05) is 200 Å². The van der Waals surface area contributed by atoms with Crippen LogP contribution in [-0.4, -0.2) is 0 Å². The maximum absolute atomic E-state index is 9.20. The van der Waals surface area contributed by atoms with Gasteiger partial charge in [-0.05, 0) is 129 Å². The lowest BCUT2D eigenvalue weighted by Gasteiger charge is -2.29. The van der Waals surface area contributed by atoms with Crippen molar-refractivity contribution in [1.29, 1.82) is 0 Å². The van der Waals surface area contributed by atoms with Crippen LogP contribution in [0.1, 0.15) is 9.60 Å². The molecule has 12 aromatic rings. The zero-order valence-electron chi connectivity index (χ0n) is 44.3. The quantitative estimate of drug-likeness (QED) is 0.129. The molecule has 11 aromatic carbocycles. The second-order valence-corrected chi connectivity index (χ2v) is 16.8. The molecule has 0 N–H and O–H groups in total. The molecule has 0 spiro atoms. The van der Waals surface area contributed by atoms with Crippen molar-refractivity contribution >= 4 is 56.1 Å². The molecule has 3 nitrogen and oxygen atoms in total. The average Bonchev–Trinajstić information content (AvgIpc) is 3.88. The number of para-hydroxylation sites is 2. The Labute approximate surface area is 412 Å². The Hall–Kier alpha value is -9.18. The van der Waals surface area contributed by atoms with E-state index in [2.05, 4.69) is 180 Å². The molecule has 0 amide bonds. The van der Waals surface area contributed by atoms with Gasteiger partial charge in [0.2, 0.25) is 0 Å². The van der Waals surface area contributed by atoms with Gasteiger partial charge in [-0.3, -0.25) is 0 Å². The summed E-state index contributed by atoms with van der Waals surface area (Å²) in [4.78, 5) is 4.49. The van der Waals surface area contributed by atoms with Gasteiger partial charge >= 0.3 is 0 Å². The highest BCUT2D eigenvalue weighted by molar-refractivity contribution is 6.12. The monoisotopic (exact) mass is 889 g/mol. The smallest absolute Gasteiger partial charge is 0.136 e. The first-order valence-corrected chi connectivity index (χ1v) is 22.9. The predicted molar refractivity (Wildman–Crippen MR) is 290 cm³/mol. The molecule has 326 valence electrons. The largest absolute Gasteiger partial charge is 0.456 e. The van der Waals surface area contributed by atoms with E-state index in [1.165, 1.54) is 0 Å². The fourth-order valence-electron chi connectivity index (χ4n) is 9.25. The second-order valence-electron chi connectivity index (χ2n) is 16.8. The number of benzene rings is 11. The van der Waals surface area contributed by atoms with Gasteiger partial charge in [0.1, 0.15) is 11.2 Å². The van der Waals surface area contributed by atoms with E-state index >= 15 is 0 Å². The van der Waals surface area contributed by atoms with Gasteiger partial charge in [0.05, 0.1) is 15.3 Å². The standard InChI is InChI=1S/C66H46N2O/c1-4-16-47(17-5-1)50-30-38-55(39-31-50)67(56-40-32-51(33-41-56)48-18-6-2-7-19-48)59-23-14-22-54(46-59)60-24-10-12-27-63(60)68(57-42-34-52(35-43-57)49-20-8-3-9-21-49)58-44-36-53(37-45-58)61-26-15-29-65-66(61)62-25-11-13-28-64(62)69-65/h1-46H/i11D,13D,15D,25D,26D,28D,29D. The SMILES string of the molecule is [2H]c1c([2H])c([2H])c2c(oc3c([2H])c([2H])c([2H])c(-c4ccc(N(c5ccc(-c6ccccc6)cc5)c5ccccc5-c5cccc(N(c6ccc(-c7ccccc7)cc6)c6ccc(-c7ccccc7)cc6)c5)cc4)c32)c1[2H]. The third-order valence-corrected chi connectivity index (χ3v) is 12.6. The van der Waals surface area contributed by atoms with E-state index < -0.39 is 12.1 Å². The van der Waals surface area contributed by atoms with Crippen molar-refractivity contribution < 1.29 is 14.0 Å². The Balaban J connectivity index is 0.992. The summed E-state index contributed by atoms with van der Waals surface area (Å²) >= 11 is 0. The first-order chi connectivity index (χ1) is 37.1. The molecule has 0 aliphatic carbocycles. The summed E-state index contributed by atoms with van der Waals surface area (Å²) in [5.74, 6) is 0. The van der Waals surface area contributed by atoms with Crippen LogP contribution >= 0.6 is 0 Å². The van der Waals surface area contributed by atoms with Crippen LogP contribution in [0, 0.1) is 0 Å². The molecule has 0 saturated carbocycles. The van der Waals surface area contributed by atoms with Crippen molar-refractivity contribution in [3.63, 3.8) is 0 Å². The highest BCUT2D eigenvalue weighted by Gasteiger charge is 2.21. The zero-order valence-corrected chi connectivity index (χ0v) is 37.3. The van der Waals surface area contributed by atoms with Crippen LogP contribution in [0.4, 0.5) is 34.1 Å². The van der Waals surface area contributed by atoms with Crippen LogP contribution in [0.15, 0.2) is 283 Å². The van der Waals surface area contributed by atoms with Crippen LogP contribution in [-0.2, 0) is 0 Å². The minimum atomic E-state index is -0.463. The fourth-order valence-corrected chi connectivity index (χ4v) is 9.25. The topological polar surface area (TPSA) is 19.6 Å². The Morgan fingerprint density at radius 2 is 0.725 bits per heavy atom. The van der Waals surface area contributed by atoms with Crippen molar-refractivity contribution in [3.05, 3.63) is 279 Å². The minimum absolute atomic E-state index is 0.0645. The summed E-state index contributed by atoms with van der Waals surface area (Å²) in [5.41, 5.74) is 14.8. The molecule has 0 unspecified atom stereocenters. The first kappa shape index (κ1) is 34.2. The lowest BCUT2D eigenvalue weighted by Crippen LogP contribution is -2.12. The molecule has 0 aliphatic heterocycles. The van der Waals surface area contributed by atoms with Crippen LogP contribution in [0.2, 0.25) is 0 Å². The summed E-state index contributed by atoms with van der Waals surface area (Å²) in [6.45, 7) is 0. The highest BCUT2D eigenvalue weighted by atomic mass is 16.3. The fraction of sp³-hybridized carbons (Fsp3) is 0. The zero-order chi connectivity index (χ0) is 52.0. The van der Waals surface area contributed by atoms with Gasteiger partial charge < -0.3 is 14.2 Å². The van der Waals surface area contributed by atoms with Gasteiger partial charge in [0.15, 0.2) is 0 Å². The van der Waals surface area contributed by atoms with E-state index in [4.69, 9.17) is 12.6 Å². The Kier molecular flexibility index (Phi) is 9.04. The lowest BCUT2D eigenvalue weighted by molar-refractivity contribution is 0.669. The number of furan rings is 1. The second kappa shape index (κ2) is 18.2. The van der Waals surface area contributed by atoms with E-state index in [1.54, 1.807) is 0 Å². The van der Waals surface area contributed by atoms with E-state index in [1.807, 2.05) is 66.7 Å². The van der Waals surface area contributed by atoms with Gasteiger partial charge in [-0.15, -0.1) is 0 Å². The van der Waals surface area contributed by atoms with Crippen LogP contribution < -0.4 is 9.80 Å². The maximum atomic E-state index is 9.20.